The summed E-state index contributed by atoms with van der Waals surface area (Å²) >= 11 is 0. The van der Waals surface area contributed by atoms with Crippen LogP contribution in [0.15, 0.2) is 66.1 Å². The summed E-state index contributed by atoms with van der Waals surface area (Å²) in [6, 6.07) is 13.7. The summed E-state index contributed by atoms with van der Waals surface area (Å²) in [5, 5.41) is 17.4. The van der Waals surface area contributed by atoms with E-state index in [9.17, 15) is 9.90 Å². The molecule has 0 aliphatic carbocycles. The molecule has 0 amide bonds. The van der Waals surface area contributed by atoms with E-state index in [1.165, 1.54) is 16.4 Å². The molecule has 4 aromatic rings. The van der Waals surface area contributed by atoms with Crippen LogP contribution in [0.5, 0.6) is 0 Å². The SMILES string of the molecule is C=CCn1c(=O)c2cnc(Nc3ccc(CNC(C)C)cc3)nc2n1-c1cccc(C(C)(C)O)n1. The quantitative estimate of drug-likeness (QED) is 0.318. The van der Waals surface area contributed by atoms with Crippen molar-refractivity contribution in [3.63, 3.8) is 0 Å². The van der Waals surface area contributed by atoms with Gasteiger partial charge in [0.15, 0.2) is 11.5 Å². The molecule has 4 rings (SSSR count). The highest BCUT2D eigenvalue weighted by Crippen LogP contribution is 2.22. The molecule has 3 N–H and O–H groups in total. The van der Waals surface area contributed by atoms with Crippen LogP contribution in [0.1, 0.15) is 39.0 Å². The van der Waals surface area contributed by atoms with Gasteiger partial charge in [0, 0.05) is 24.5 Å². The lowest BCUT2D eigenvalue weighted by Crippen LogP contribution is -2.23. The minimum atomic E-state index is -1.14. The summed E-state index contributed by atoms with van der Waals surface area (Å²) in [4.78, 5) is 26.7. The first-order chi connectivity index (χ1) is 16.7. The van der Waals surface area contributed by atoms with E-state index in [4.69, 9.17) is 0 Å². The summed E-state index contributed by atoms with van der Waals surface area (Å²) in [6.45, 7) is 12.4. The number of aromatic nitrogens is 5. The van der Waals surface area contributed by atoms with Crippen molar-refractivity contribution < 1.29 is 5.11 Å². The van der Waals surface area contributed by atoms with Gasteiger partial charge in [0.25, 0.3) is 5.56 Å². The Hall–Kier alpha value is -3.82. The second-order valence-electron chi connectivity index (χ2n) is 9.22. The average molecular weight is 474 g/mol. The lowest BCUT2D eigenvalue weighted by Gasteiger charge is -2.18. The fraction of sp³-hybridized carbons (Fsp3) is 0.308. The predicted molar refractivity (Wildman–Crippen MR) is 138 cm³/mol. The molecule has 0 saturated heterocycles. The maximum atomic E-state index is 13.1. The van der Waals surface area contributed by atoms with Crippen LogP contribution >= 0.6 is 0 Å². The van der Waals surface area contributed by atoms with E-state index in [0.717, 1.165) is 12.2 Å². The molecule has 182 valence electrons. The molecule has 3 aromatic heterocycles. The molecule has 0 radical (unpaired) electrons. The van der Waals surface area contributed by atoms with Gasteiger partial charge < -0.3 is 15.7 Å². The molecule has 1 aromatic carbocycles. The molecule has 35 heavy (non-hydrogen) atoms. The maximum absolute atomic E-state index is 13.1. The van der Waals surface area contributed by atoms with Crippen LogP contribution in [0, 0.1) is 0 Å². The minimum absolute atomic E-state index is 0.246. The highest BCUT2D eigenvalue weighted by molar-refractivity contribution is 5.77. The molecule has 9 nitrogen and oxygen atoms in total. The zero-order chi connectivity index (χ0) is 25.2. The van der Waals surface area contributed by atoms with E-state index < -0.39 is 5.60 Å². The Bertz CT molecular complexity index is 1400. The second-order valence-corrected chi connectivity index (χ2v) is 9.22. The van der Waals surface area contributed by atoms with Crippen molar-refractivity contribution in [1.29, 1.82) is 0 Å². The van der Waals surface area contributed by atoms with Gasteiger partial charge in [0.1, 0.15) is 11.0 Å². The number of rotatable bonds is 9. The van der Waals surface area contributed by atoms with E-state index in [0.29, 0.717) is 34.5 Å². The Morgan fingerprint density at radius 1 is 1.14 bits per heavy atom. The topological polar surface area (TPSA) is 110 Å². The fourth-order valence-electron chi connectivity index (χ4n) is 3.65. The van der Waals surface area contributed by atoms with Crippen molar-refractivity contribution in [2.24, 2.45) is 0 Å². The number of aliphatic hydroxyl groups is 1. The first-order valence-corrected chi connectivity index (χ1v) is 11.6. The molecule has 0 aliphatic heterocycles. The van der Waals surface area contributed by atoms with Crippen LogP contribution in [0.4, 0.5) is 11.6 Å². The van der Waals surface area contributed by atoms with E-state index in [-0.39, 0.29) is 12.1 Å². The molecule has 0 fully saturated rings. The predicted octanol–water partition coefficient (Wildman–Crippen LogP) is 3.63. The van der Waals surface area contributed by atoms with E-state index in [1.54, 1.807) is 42.8 Å². The molecule has 0 bridgehead atoms. The minimum Gasteiger partial charge on any atom is -0.384 e. The van der Waals surface area contributed by atoms with E-state index in [1.807, 2.05) is 24.3 Å². The number of hydrogen-bond donors (Lipinski definition) is 3. The zero-order valence-corrected chi connectivity index (χ0v) is 20.5. The lowest BCUT2D eigenvalue weighted by molar-refractivity contribution is 0.0738. The van der Waals surface area contributed by atoms with Gasteiger partial charge in [-0.05, 0) is 43.7 Å². The number of anilines is 2. The van der Waals surface area contributed by atoms with E-state index in [2.05, 4.69) is 46.0 Å². The Kier molecular flexibility index (Phi) is 6.81. The van der Waals surface area contributed by atoms with Gasteiger partial charge in [-0.25, -0.2) is 19.3 Å². The summed E-state index contributed by atoms with van der Waals surface area (Å²) in [5.74, 6) is 0.818. The van der Waals surface area contributed by atoms with Crippen molar-refractivity contribution in [3.05, 3.63) is 82.9 Å². The third-order valence-corrected chi connectivity index (χ3v) is 5.48. The fourth-order valence-corrected chi connectivity index (χ4v) is 3.65. The summed E-state index contributed by atoms with van der Waals surface area (Å²) in [5.41, 5.74) is 1.51. The monoisotopic (exact) mass is 473 g/mol. The molecular weight excluding hydrogens is 442 g/mol. The standard InChI is InChI=1S/C26H31N7O2/c1-6-14-32-24(34)20-16-28-25(29-19-12-10-18(11-13-19)15-27-17(2)3)31-23(20)33(32)22-9-7-8-21(30-22)26(4,5)35/h6-13,16-17,27,35H,1,14-15H2,2-5H3,(H,28,29,31). The number of nitrogens with one attached hydrogen (secondary N) is 2. The van der Waals surface area contributed by atoms with Crippen molar-refractivity contribution in [2.75, 3.05) is 5.32 Å². The average Bonchev–Trinajstić information content (AvgIpc) is 3.09. The van der Waals surface area contributed by atoms with Crippen molar-refractivity contribution in [2.45, 2.75) is 52.4 Å². The number of pyridine rings is 1. The Labute approximate surface area is 204 Å². The van der Waals surface area contributed by atoms with Gasteiger partial charge in [-0.3, -0.25) is 4.79 Å². The second kappa shape index (κ2) is 9.81. The molecule has 9 heteroatoms. The van der Waals surface area contributed by atoms with Gasteiger partial charge in [-0.1, -0.05) is 38.1 Å². The first-order valence-electron chi connectivity index (χ1n) is 11.6. The molecule has 0 saturated carbocycles. The van der Waals surface area contributed by atoms with Gasteiger partial charge in [-0.2, -0.15) is 4.98 Å². The third kappa shape index (κ3) is 5.31. The molecule has 0 spiro atoms. The zero-order valence-electron chi connectivity index (χ0n) is 20.5. The maximum Gasteiger partial charge on any atom is 0.278 e. The highest BCUT2D eigenvalue weighted by Gasteiger charge is 2.21. The van der Waals surface area contributed by atoms with E-state index >= 15 is 0 Å². The first kappa shape index (κ1) is 24.3. The third-order valence-electron chi connectivity index (χ3n) is 5.48. The van der Waals surface area contributed by atoms with Crippen LogP contribution in [-0.4, -0.2) is 35.5 Å². The lowest BCUT2D eigenvalue weighted by atomic mass is 10.1. The van der Waals surface area contributed by atoms with Gasteiger partial charge >= 0.3 is 0 Å². The number of fused-ring (bicyclic) bond motifs is 1. The highest BCUT2D eigenvalue weighted by atomic mass is 16.3. The van der Waals surface area contributed by atoms with Crippen LogP contribution in [0.2, 0.25) is 0 Å². The van der Waals surface area contributed by atoms with Crippen LogP contribution in [-0.2, 0) is 18.7 Å². The Balaban J connectivity index is 1.74. The number of nitrogens with zero attached hydrogens (tertiary/aromatic N) is 5. The van der Waals surface area contributed by atoms with Gasteiger partial charge in [0.2, 0.25) is 5.95 Å². The van der Waals surface area contributed by atoms with Gasteiger partial charge in [0.05, 0.1) is 12.2 Å². The Morgan fingerprint density at radius 3 is 2.54 bits per heavy atom. The number of benzene rings is 1. The summed E-state index contributed by atoms with van der Waals surface area (Å²) in [7, 11) is 0. The number of hydrogen-bond acceptors (Lipinski definition) is 7. The molecular formula is C26H31N7O2. The van der Waals surface area contributed by atoms with Crippen LogP contribution < -0.4 is 16.2 Å². The summed E-state index contributed by atoms with van der Waals surface area (Å²) < 4.78 is 3.14. The molecule has 0 aliphatic rings. The molecule has 3 heterocycles. The van der Waals surface area contributed by atoms with Crippen molar-refractivity contribution >= 4 is 22.7 Å². The summed E-state index contributed by atoms with van der Waals surface area (Å²) in [6.07, 6.45) is 3.16. The number of allylic oxidation sites excluding steroid dienone is 1. The van der Waals surface area contributed by atoms with Crippen LogP contribution in [0.3, 0.4) is 0 Å². The van der Waals surface area contributed by atoms with Crippen molar-refractivity contribution in [1.82, 2.24) is 29.6 Å². The van der Waals surface area contributed by atoms with Gasteiger partial charge in [-0.15, -0.1) is 6.58 Å². The largest absolute Gasteiger partial charge is 0.384 e. The Morgan fingerprint density at radius 2 is 1.89 bits per heavy atom. The normalized spacial score (nSPS) is 11.8. The smallest absolute Gasteiger partial charge is 0.278 e. The molecule has 0 unspecified atom stereocenters. The van der Waals surface area contributed by atoms with Crippen LogP contribution in [0.25, 0.3) is 16.9 Å². The molecule has 0 atom stereocenters. The van der Waals surface area contributed by atoms with Crippen molar-refractivity contribution in [3.8, 4) is 5.82 Å².